The molecule has 6 aromatic rings. The summed E-state index contributed by atoms with van der Waals surface area (Å²) in [7, 11) is 0. The average molecular weight is 802 g/mol. The van der Waals surface area contributed by atoms with Crippen LogP contribution >= 0.6 is 0 Å². The van der Waals surface area contributed by atoms with Gasteiger partial charge in [0.25, 0.3) is 0 Å². The maximum absolute atomic E-state index is 11.2. The Kier molecular flexibility index (Phi) is 9.16. The number of imidazole rings is 1. The number of benzene rings is 4. The van der Waals surface area contributed by atoms with Gasteiger partial charge >= 0.3 is 0 Å². The maximum atomic E-state index is 11.2. The third-order valence-corrected chi connectivity index (χ3v) is 8.71. The number of hydrogen-bond acceptors (Lipinski definition) is 3. The van der Waals surface area contributed by atoms with Crippen LogP contribution in [0.2, 0.25) is 0 Å². The molecule has 6 rings (SSSR count). The van der Waals surface area contributed by atoms with E-state index in [1.54, 1.807) is 6.07 Å². The topological polar surface area (TPSA) is 50.9 Å². The van der Waals surface area contributed by atoms with Crippen molar-refractivity contribution < 1.29 is 26.2 Å². The summed E-state index contributed by atoms with van der Waals surface area (Å²) >= 11 is 0. The van der Waals surface area contributed by atoms with Crippen molar-refractivity contribution in [1.29, 1.82) is 0 Å². The van der Waals surface area contributed by atoms with Gasteiger partial charge in [0, 0.05) is 38.6 Å². The summed E-state index contributed by atoms with van der Waals surface area (Å²) in [6.45, 7) is 20.3. The van der Waals surface area contributed by atoms with Gasteiger partial charge in [-0.3, -0.25) is 9.55 Å². The monoisotopic (exact) mass is 801 g/mol. The molecule has 2 aromatic heterocycles. The SMILES string of the molecule is CC(C)(C)c1cc(-n2c(-c3ccccc3O)nc3c(-c4[c-]c(-c5ccccn5)ccc4)cc(C(C)(C)C)cc32)cc(C(C)(C)C)c1.[Pt]. The molecule has 0 bridgehead atoms. The van der Waals surface area contributed by atoms with E-state index in [4.69, 9.17) is 4.98 Å². The first-order valence-corrected chi connectivity index (χ1v) is 16.1. The molecule has 0 aliphatic heterocycles. The second kappa shape index (κ2) is 12.5. The average Bonchev–Trinajstić information content (AvgIpc) is 3.39. The standard InChI is InChI=1S/C42H44N3O.Pt/c1-40(2,3)29-22-30(41(4,5)6)24-32(23-29)45-36-26-31(42(7,8)9)25-34(38(36)44-39(45)33-17-10-11-19-37(33)46)27-15-14-16-28(21-27)35-18-12-13-20-43-35;/h10-20,22-26,46H,1-9H3;/q-1;. The van der Waals surface area contributed by atoms with Gasteiger partial charge in [-0.05, 0) is 69.3 Å². The fraction of sp³-hybridized carbons (Fsp3) is 0.286. The number of hydrogen-bond donors (Lipinski definition) is 1. The van der Waals surface area contributed by atoms with E-state index in [0.29, 0.717) is 11.4 Å². The minimum atomic E-state index is -0.129. The predicted octanol–water partition coefficient (Wildman–Crippen LogP) is 10.8. The normalized spacial score (nSPS) is 12.3. The third-order valence-electron chi connectivity index (χ3n) is 8.71. The number of phenolic OH excluding ortho intramolecular Hbond substituents is 1. The molecule has 0 saturated carbocycles. The molecule has 244 valence electrons. The first-order chi connectivity index (χ1) is 21.6. The van der Waals surface area contributed by atoms with E-state index in [2.05, 4.69) is 126 Å². The summed E-state index contributed by atoms with van der Waals surface area (Å²) in [5.41, 5.74) is 10.8. The van der Waals surface area contributed by atoms with Crippen LogP contribution in [0.15, 0.2) is 97.2 Å². The second-order valence-electron chi connectivity index (χ2n) is 15.4. The smallest absolute Gasteiger partial charge is 0.148 e. The van der Waals surface area contributed by atoms with Gasteiger partial charge < -0.3 is 5.11 Å². The largest absolute Gasteiger partial charge is 0.507 e. The fourth-order valence-corrected chi connectivity index (χ4v) is 5.82. The molecule has 0 radical (unpaired) electrons. The zero-order valence-electron chi connectivity index (χ0n) is 28.8. The van der Waals surface area contributed by atoms with Crippen LogP contribution in [0.1, 0.15) is 79.0 Å². The van der Waals surface area contributed by atoms with E-state index in [-0.39, 0.29) is 43.1 Å². The Labute approximate surface area is 294 Å². The molecule has 1 N–H and O–H groups in total. The zero-order chi connectivity index (χ0) is 33.0. The van der Waals surface area contributed by atoms with Gasteiger partial charge in [-0.2, -0.15) is 0 Å². The van der Waals surface area contributed by atoms with Gasteiger partial charge in [0.1, 0.15) is 11.6 Å². The molecule has 5 heteroatoms. The van der Waals surface area contributed by atoms with Crippen molar-refractivity contribution >= 4 is 11.0 Å². The summed E-state index contributed by atoms with van der Waals surface area (Å²) in [5, 5.41) is 11.2. The molecule has 0 saturated heterocycles. The number of phenols is 1. The molecule has 2 heterocycles. The number of aromatic nitrogens is 3. The molecular formula is C42H44N3OPt-. The van der Waals surface area contributed by atoms with Crippen molar-refractivity contribution in [3.8, 4) is 45.2 Å². The van der Waals surface area contributed by atoms with Crippen molar-refractivity contribution in [2.45, 2.75) is 78.6 Å². The minimum absolute atomic E-state index is 0. The molecular weight excluding hydrogens is 758 g/mol. The van der Waals surface area contributed by atoms with Crippen molar-refractivity contribution in [3.05, 3.63) is 120 Å². The number of para-hydroxylation sites is 1. The number of aromatic hydroxyl groups is 1. The Hall–Kier alpha value is -4.01. The van der Waals surface area contributed by atoms with Crippen LogP contribution in [-0.2, 0) is 37.3 Å². The van der Waals surface area contributed by atoms with E-state index < -0.39 is 0 Å². The van der Waals surface area contributed by atoms with E-state index in [1.807, 2.05) is 42.6 Å². The number of rotatable bonds is 4. The van der Waals surface area contributed by atoms with Crippen LogP contribution < -0.4 is 0 Å². The number of fused-ring (bicyclic) bond motifs is 1. The van der Waals surface area contributed by atoms with Crippen LogP contribution in [0.4, 0.5) is 0 Å². The summed E-state index contributed by atoms with van der Waals surface area (Å²) in [4.78, 5) is 9.96. The quantitative estimate of drug-likeness (QED) is 0.181. The second-order valence-corrected chi connectivity index (χ2v) is 15.4. The van der Waals surface area contributed by atoms with Gasteiger partial charge in [0.05, 0.1) is 16.6 Å². The summed E-state index contributed by atoms with van der Waals surface area (Å²) in [5.74, 6) is 0.899. The Morgan fingerprint density at radius 1 is 0.617 bits per heavy atom. The predicted molar refractivity (Wildman–Crippen MR) is 192 cm³/mol. The summed E-state index contributed by atoms with van der Waals surface area (Å²) < 4.78 is 2.25. The Balaban J connectivity index is 0.00000433. The Morgan fingerprint density at radius 2 is 1.21 bits per heavy atom. The Morgan fingerprint density at radius 3 is 1.81 bits per heavy atom. The van der Waals surface area contributed by atoms with Crippen LogP contribution in [0, 0.1) is 6.07 Å². The molecule has 4 nitrogen and oxygen atoms in total. The van der Waals surface area contributed by atoms with Gasteiger partial charge in [-0.1, -0.05) is 110 Å². The van der Waals surface area contributed by atoms with Crippen molar-refractivity contribution in [2.24, 2.45) is 0 Å². The molecule has 0 spiro atoms. The summed E-state index contributed by atoms with van der Waals surface area (Å²) in [6.07, 6.45) is 1.81. The number of pyridine rings is 1. The van der Waals surface area contributed by atoms with Crippen LogP contribution in [0.3, 0.4) is 0 Å². The van der Waals surface area contributed by atoms with Gasteiger partial charge in [0.2, 0.25) is 0 Å². The van der Waals surface area contributed by atoms with Crippen LogP contribution in [0.5, 0.6) is 5.75 Å². The third kappa shape index (κ3) is 6.85. The first kappa shape index (κ1) is 34.3. The van der Waals surface area contributed by atoms with Crippen molar-refractivity contribution in [3.63, 3.8) is 0 Å². The molecule has 4 aromatic carbocycles. The molecule has 0 atom stereocenters. The molecule has 0 aliphatic carbocycles. The van der Waals surface area contributed by atoms with Crippen molar-refractivity contribution in [2.75, 3.05) is 0 Å². The van der Waals surface area contributed by atoms with Crippen LogP contribution in [-0.4, -0.2) is 19.6 Å². The first-order valence-electron chi connectivity index (χ1n) is 16.1. The van der Waals surface area contributed by atoms with Crippen molar-refractivity contribution in [1.82, 2.24) is 14.5 Å². The Bertz CT molecular complexity index is 2020. The maximum Gasteiger partial charge on any atom is 0.148 e. The molecule has 0 unspecified atom stereocenters. The molecule has 47 heavy (non-hydrogen) atoms. The van der Waals surface area contributed by atoms with E-state index in [0.717, 1.165) is 39.1 Å². The van der Waals surface area contributed by atoms with E-state index >= 15 is 0 Å². The van der Waals surface area contributed by atoms with E-state index in [9.17, 15) is 5.11 Å². The molecule has 0 fully saturated rings. The van der Waals surface area contributed by atoms with Gasteiger partial charge in [-0.15, -0.1) is 29.8 Å². The zero-order valence-corrected chi connectivity index (χ0v) is 31.1. The van der Waals surface area contributed by atoms with Gasteiger partial charge in [0.15, 0.2) is 0 Å². The van der Waals surface area contributed by atoms with E-state index in [1.165, 1.54) is 16.7 Å². The minimum Gasteiger partial charge on any atom is -0.507 e. The molecule has 0 amide bonds. The number of nitrogens with zero attached hydrogens (tertiary/aromatic N) is 3. The fourth-order valence-electron chi connectivity index (χ4n) is 5.82. The summed E-state index contributed by atoms with van der Waals surface area (Å²) in [6, 6.07) is 34.8. The van der Waals surface area contributed by atoms with Gasteiger partial charge in [-0.25, -0.2) is 4.98 Å². The molecule has 0 aliphatic rings. The van der Waals surface area contributed by atoms with Crippen LogP contribution in [0.25, 0.3) is 50.5 Å².